The molecule has 29 heavy (non-hydrogen) atoms. The van der Waals surface area contributed by atoms with Gasteiger partial charge in [-0.1, -0.05) is 116 Å². The van der Waals surface area contributed by atoms with E-state index in [1.165, 1.54) is 5.57 Å². The predicted octanol–water partition coefficient (Wildman–Crippen LogP) is 6.74. The Morgan fingerprint density at radius 1 is 0.862 bits per heavy atom. The quantitative estimate of drug-likeness (QED) is 0.227. The molecule has 0 saturated heterocycles. The molecule has 0 heterocycles. The fraction of sp³-hybridized carbons (Fsp3) is 0.214. The largest absolute Gasteiger partial charge is 0.345 e. The summed E-state index contributed by atoms with van der Waals surface area (Å²) in [6, 6.07) is 31.0. The van der Waals surface area contributed by atoms with Gasteiger partial charge in [-0.2, -0.15) is 0 Å². The normalized spacial score (nSPS) is 12.1. The van der Waals surface area contributed by atoms with Gasteiger partial charge < -0.3 is 4.74 Å². The molecule has 0 radical (unpaired) electrons. The van der Waals surface area contributed by atoms with Crippen LogP contribution in [0.2, 0.25) is 0 Å². The van der Waals surface area contributed by atoms with E-state index in [9.17, 15) is 0 Å². The van der Waals surface area contributed by atoms with E-state index in [0.29, 0.717) is 0 Å². The van der Waals surface area contributed by atoms with Crippen LogP contribution in [0.3, 0.4) is 0 Å². The summed E-state index contributed by atoms with van der Waals surface area (Å²) in [7, 11) is 0. The zero-order valence-electron chi connectivity index (χ0n) is 17.1. The van der Waals surface area contributed by atoms with Crippen molar-refractivity contribution in [2.75, 3.05) is 0 Å². The van der Waals surface area contributed by atoms with E-state index >= 15 is 0 Å². The maximum atomic E-state index is 6.86. The number of ether oxygens (including phenoxy) is 1. The van der Waals surface area contributed by atoms with Crippen molar-refractivity contribution < 1.29 is 4.74 Å². The van der Waals surface area contributed by atoms with Gasteiger partial charge in [0.1, 0.15) is 11.7 Å². The second kappa shape index (κ2) is 9.92. The summed E-state index contributed by atoms with van der Waals surface area (Å²) in [5, 5.41) is 0. The molecule has 0 fully saturated rings. The third-order valence-electron chi connectivity index (χ3n) is 5.31. The van der Waals surface area contributed by atoms with E-state index in [0.717, 1.165) is 36.0 Å². The second-order valence-corrected chi connectivity index (χ2v) is 7.19. The van der Waals surface area contributed by atoms with Crippen LogP contribution >= 0.6 is 0 Å². The van der Waals surface area contributed by atoms with Gasteiger partial charge in [-0.15, -0.1) is 6.42 Å². The van der Waals surface area contributed by atoms with Gasteiger partial charge in [-0.3, -0.25) is 0 Å². The first-order chi connectivity index (χ1) is 14.2. The van der Waals surface area contributed by atoms with Crippen LogP contribution in [-0.2, 0) is 10.3 Å². The van der Waals surface area contributed by atoms with Gasteiger partial charge >= 0.3 is 0 Å². The standard InChI is InChI=1S/C28H28O/c1-4-23(3)21-22-27(5-2)29-28(24-15-9-6-10-16-24,25-17-11-7-12-18-25)26-19-13-8-14-20-26/h2,6-20,27H,3-4,21-22H2,1H3. The minimum absolute atomic E-state index is 0.334. The van der Waals surface area contributed by atoms with E-state index in [-0.39, 0.29) is 6.10 Å². The lowest BCUT2D eigenvalue weighted by Crippen LogP contribution is -2.36. The zero-order chi connectivity index (χ0) is 20.5. The van der Waals surface area contributed by atoms with E-state index in [4.69, 9.17) is 11.2 Å². The molecule has 3 rings (SSSR count). The molecule has 146 valence electrons. The smallest absolute Gasteiger partial charge is 0.145 e. The Balaban J connectivity index is 2.14. The number of rotatable bonds is 9. The molecule has 1 nitrogen and oxygen atoms in total. The number of allylic oxidation sites excluding steroid dienone is 1. The highest BCUT2D eigenvalue weighted by atomic mass is 16.5. The number of hydrogen-bond acceptors (Lipinski definition) is 1. The highest BCUT2D eigenvalue weighted by Gasteiger charge is 2.39. The lowest BCUT2D eigenvalue weighted by atomic mass is 9.79. The van der Waals surface area contributed by atoms with Crippen LogP contribution in [0.1, 0.15) is 42.9 Å². The van der Waals surface area contributed by atoms with E-state index in [1.54, 1.807) is 0 Å². The summed E-state index contributed by atoms with van der Waals surface area (Å²) in [5.74, 6) is 2.88. The highest BCUT2D eigenvalue weighted by molar-refractivity contribution is 5.47. The third-order valence-corrected chi connectivity index (χ3v) is 5.31. The Bertz CT molecular complexity index is 839. The van der Waals surface area contributed by atoms with Gasteiger partial charge in [0.15, 0.2) is 0 Å². The molecule has 0 spiro atoms. The molecule has 0 aliphatic heterocycles. The number of hydrogen-bond donors (Lipinski definition) is 0. The van der Waals surface area contributed by atoms with Crippen LogP contribution < -0.4 is 0 Å². The van der Waals surface area contributed by atoms with Crippen molar-refractivity contribution in [1.29, 1.82) is 0 Å². The van der Waals surface area contributed by atoms with Crippen LogP contribution in [0.25, 0.3) is 0 Å². The van der Waals surface area contributed by atoms with E-state index in [2.05, 4.69) is 55.8 Å². The monoisotopic (exact) mass is 380 g/mol. The highest BCUT2D eigenvalue weighted by Crippen LogP contribution is 2.41. The summed E-state index contributed by atoms with van der Waals surface area (Å²) < 4.78 is 6.86. The van der Waals surface area contributed by atoms with Gasteiger partial charge in [0.05, 0.1) is 0 Å². The van der Waals surface area contributed by atoms with Gasteiger partial charge in [-0.25, -0.2) is 0 Å². The average molecular weight is 381 g/mol. The fourth-order valence-corrected chi connectivity index (χ4v) is 3.62. The molecule has 3 aromatic carbocycles. The molecule has 0 aromatic heterocycles. The molecule has 0 aliphatic carbocycles. The molecule has 3 aromatic rings. The first kappa shape index (κ1) is 20.6. The van der Waals surface area contributed by atoms with Gasteiger partial charge in [0, 0.05) is 0 Å². The minimum atomic E-state index is -0.783. The van der Waals surface area contributed by atoms with Crippen molar-refractivity contribution in [2.24, 2.45) is 0 Å². The van der Waals surface area contributed by atoms with Gasteiger partial charge in [0.2, 0.25) is 0 Å². The Kier molecular flexibility index (Phi) is 7.06. The maximum absolute atomic E-state index is 6.86. The first-order valence-electron chi connectivity index (χ1n) is 10.2. The summed E-state index contributed by atoms with van der Waals surface area (Å²) in [6.07, 6.45) is 8.17. The van der Waals surface area contributed by atoms with Crippen molar-refractivity contribution >= 4 is 0 Å². The van der Waals surface area contributed by atoms with Crippen LogP contribution in [0.4, 0.5) is 0 Å². The SMILES string of the molecule is C#CC(CCC(=C)CC)OC(c1ccccc1)(c1ccccc1)c1ccccc1. The minimum Gasteiger partial charge on any atom is -0.345 e. The molecule has 1 heteroatoms. The van der Waals surface area contributed by atoms with Crippen LogP contribution in [-0.4, -0.2) is 6.10 Å². The van der Waals surface area contributed by atoms with Crippen molar-refractivity contribution in [3.63, 3.8) is 0 Å². The van der Waals surface area contributed by atoms with Gasteiger partial charge in [0.25, 0.3) is 0 Å². The Morgan fingerprint density at radius 3 is 1.62 bits per heavy atom. The molecule has 0 saturated carbocycles. The Labute approximate surface area is 175 Å². The van der Waals surface area contributed by atoms with Crippen molar-refractivity contribution in [1.82, 2.24) is 0 Å². The first-order valence-corrected chi connectivity index (χ1v) is 10.2. The average Bonchev–Trinajstić information content (AvgIpc) is 2.81. The van der Waals surface area contributed by atoms with Crippen LogP contribution in [0, 0.1) is 12.3 Å². The lowest BCUT2D eigenvalue weighted by molar-refractivity contribution is -0.0229. The van der Waals surface area contributed by atoms with Crippen molar-refractivity contribution in [3.8, 4) is 12.3 Å². The Morgan fingerprint density at radius 2 is 1.28 bits per heavy atom. The van der Waals surface area contributed by atoms with Crippen LogP contribution in [0.15, 0.2) is 103 Å². The van der Waals surface area contributed by atoms with E-state index in [1.807, 2.05) is 54.6 Å². The summed E-state index contributed by atoms with van der Waals surface area (Å²) in [5.41, 5.74) is 3.60. The summed E-state index contributed by atoms with van der Waals surface area (Å²) >= 11 is 0. The molecule has 1 unspecified atom stereocenters. The predicted molar refractivity (Wildman–Crippen MR) is 122 cm³/mol. The van der Waals surface area contributed by atoms with Gasteiger partial charge in [-0.05, 0) is 36.0 Å². The molecule has 0 aliphatic rings. The molecular weight excluding hydrogens is 352 g/mol. The molecule has 1 atom stereocenters. The van der Waals surface area contributed by atoms with Crippen LogP contribution in [0.5, 0.6) is 0 Å². The topological polar surface area (TPSA) is 9.23 Å². The maximum Gasteiger partial charge on any atom is 0.145 e. The third kappa shape index (κ3) is 4.67. The Hall–Kier alpha value is -3.08. The summed E-state index contributed by atoms with van der Waals surface area (Å²) in [6.45, 7) is 6.25. The molecule has 0 amide bonds. The number of benzene rings is 3. The van der Waals surface area contributed by atoms with Crippen molar-refractivity contribution in [3.05, 3.63) is 120 Å². The van der Waals surface area contributed by atoms with Crippen molar-refractivity contribution in [2.45, 2.75) is 37.9 Å². The summed E-state index contributed by atoms with van der Waals surface area (Å²) in [4.78, 5) is 0. The molecule has 0 N–H and O–H groups in total. The number of terminal acetylenes is 1. The lowest BCUT2D eigenvalue weighted by Gasteiger charge is -2.38. The fourth-order valence-electron chi connectivity index (χ4n) is 3.62. The zero-order valence-corrected chi connectivity index (χ0v) is 17.1. The molecule has 0 bridgehead atoms. The van der Waals surface area contributed by atoms with E-state index < -0.39 is 5.60 Å². The second-order valence-electron chi connectivity index (χ2n) is 7.19. The molecular formula is C28H28O.